The molecule has 0 unspecified atom stereocenters. The summed E-state index contributed by atoms with van der Waals surface area (Å²) >= 11 is 0. The Morgan fingerprint density at radius 2 is 0.287 bits per heavy atom. The van der Waals surface area contributed by atoms with Crippen LogP contribution in [0.15, 0.2) is 72.9 Å². The first-order chi connectivity index (χ1) is 50.0. The molecule has 0 aliphatic rings. The number of aryl methyl sites for hydroxylation is 2. The number of fused-ring (bicyclic) bond motifs is 1. The molecular weight excluding hydrogens is 1350 g/mol. The summed E-state index contributed by atoms with van der Waals surface area (Å²) in [7, 11) is 0. The lowest BCUT2D eigenvalue weighted by atomic mass is 9.76. The zero-order chi connectivity index (χ0) is 82.5. The number of carbonyl (C=O) groups excluding carboxylic acids is 6. The molecule has 576 valence electrons. The van der Waals surface area contributed by atoms with E-state index in [-0.39, 0.29) is 63.5 Å². The van der Waals surface area contributed by atoms with Gasteiger partial charge in [0.25, 0.3) is 0 Å². The van der Waals surface area contributed by atoms with E-state index in [1.54, 1.807) is 41.5 Å². The van der Waals surface area contributed by atoms with Crippen molar-refractivity contribution in [2.24, 2.45) is 0 Å². The van der Waals surface area contributed by atoms with E-state index >= 15 is 0 Å². The molecule has 108 heavy (non-hydrogen) atoms. The number of ether oxygens (including phenoxy) is 6. The standard InChI is InChI=1S/C40H50O4.C30H38O4.C26H32O4/c1-19(2)39(41)43-17-33-21(5)25(9)35(26(10)22(33)6)37-29(13)31(15)38(32(16)30(37)14)36-27(11)23(7)34(24(8)28(36)12)18-44-40(42)20(3)4;1-15(2)29(31)33-13-25-17(5)21(9)27(22(10)18(25)6)28-23(11)19(7)26(20(8)24(28)12)14-34-30(32)16(3)4;1-13(2)25(27)29-11-21-17(7)15(5)20(10)24-22(12-30-26(28)14(3)4)18(8)16(6)19(9)23(21)24/h1,3,17-18H2,2,4-16H3;1,3,13-14H2,2,4-12H3;1,3,11-12H2,2,4-10H3. The van der Waals surface area contributed by atoms with E-state index in [4.69, 9.17) is 28.4 Å². The number of esters is 6. The van der Waals surface area contributed by atoms with E-state index < -0.39 is 11.9 Å². The van der Waals surface area contributed by atoms with Crippen molar-refractivity contribution >= 4 is 46.6 Å². The van der Waals surface area contributed by atoms with Gasteiger partial charge >= 0.3 is 35.8 Å². The fraction of sp³-hybridized carbons (Fsp3) is 0.396. The second-order valence-corrected chi connectivity index (χ2v) is 30.3. The molecule has 12 heteroatoms. The fourth-order valence-electron chi connectivity index (χ4n) is 14.8. The fourth-order valence-corrected chi connectivity index (χ4v) is 14.8. The van der Waals surface area contributed by atoms with Crippen molar-refractivity contribution in [2.75, 3.05) is 0 Å². The zero-order valence-electron chi connectivity index (χ0n) is 71.4. The van der Waals surface area contributed by atoms with Gasteiger partial charge in [0.15, 0.2) is 0 Å². The summed E-state index contributed by atoms with van der Waals surface area (Å²) in [6.07, 6.45) is 0. The minimum absolute atomic E-state index is 0.170. The highest BCUT2D eigenvalue weighted by Crippen LogP contribution is 2.48. The van der Waals surface area contributed by atoms with Crippen LogP contribution in [0.1, 0.15) is 220 Å². The molecule has 0 fully saturated rings. The van der Waals surface area contributed by atoms with E-state index in [1.165, 1.54) is 100 Å². The van der Waals surface area contributed by atoms with Gasteiger partial charge in [-0.05, 0) is 433 Å². The lowest BCUT2D eigenvalue weighted by molar-refractivity contribution is -0.141. The third-order valence-corrected chi connectivity index (χ3v) is 23.4. The Hall–Kier alpha value is -9.94. The van der Waals surface area contributed by atoms with Gasteiger partial charge in [-0.2, -0.15) is 0 Å². The molecular formula is C96H120O12. The van der Waals surface area contributed by atoms with Crippen LogP contribution in [0.25, 0.3) is 44.2 Å². The molecule has 0 aliphatic carbocycles. The Labute approximate surface area is 645 Å². The summed E-state index contributed by atoms with van der Waals surface area (Å²) in [6, 6.07) is 0. The van der Waals surface area contributed by atoms with Crippen LogP contribution < -0.4 is 0 Å². The molecule has 0 bridgehead atoms. The summed E-state index contributed by atoms with van der Waals surface area (Å²) in [6.45, 7) is 88.8. The van der Waals surface area contributed by atoms with E-state index in [2.05, 4.69) is 219 Å². The number of hydrogen-bond acceptors (Lipinski definition) is 12. The first kappa shape index (κ1) is 88.7. The Morgan fingerprint density at radius 1 is 0.176 bits per heavy atom. The molecule has 0 saturated carbocycles. The molecule has 7 rings (SSSR count). The minimum atomic E-state index is -0.405. The van der Waals surface area contributed by atoms with Crippen molar-refractivity contribution < 1.29 is 57.2 Å². The van der Waals surface area contributed by atoms with Crippen molar-refractivity contribution in [3.63, 3.8) is 0 Å². The summed E-state index contributed by atoms with van der Waals surface area (Å²) in [4.78, 5) is 72.3. The van der Waals surface area contributed by atoms with E-state index in [0.717, 1.165) is 122 Å². The predicted octanol–water partition coefficient (Wildman–Crippen LogP) is 22.9. The highest BCUT2D eigenvalue weighted by molar-refractivity contribution is 5.99. The quantitative estimate of drug-likeness (QED) is 0.0381. The highest BCUT2D eigenvalue weighted by atomic mass is 16.6. The smallest absolute Gasteiger partial charge is 0.333 e. The molecule has 0 heterocycles. The Morgan fingerprint density at radius 3 is 0.417 bits per heavy atom. The predicted molar refractivity (Wildman–Crippen MR) is 444 cm³/mol. The van der Waals surface area contributed by atoms with Crippen molar-refractivity contribution in [1.29, 1.82) is 0 Å². The normalized spacial score (nSPS) is 10.9. The van der Waals surface area contributed by atoms with Gasteiger partial charge in [-0.25, -0.2) is 28.8 Å². The second kappa shape index (κ2) is 35.8. The molecule has 0 spiro atoms. The second-order valence-electron chi connectivity index (χ2n) is 30.3. The lowest BCUT2D eigenvalue weighted by Crippen LogP contribution is -2.12. The van der Waals surface area contributed by atoms with E-state index in [0.29, 0.717) is 33.4 Å². The molecule has 7 aromatic carbocycles. The molecule has 0 atom stereocenters. The zero-order valence-corrected chi connectivity index (χ0v) is 71.4. The maximum absolute atomic E-state index is 12.2. The van der Waals surface area contributed by atoms with E-state index in [9.17, 15) is 28.8 Å². The van der Waals surface area contributed by atoms with Crippen LogP contribution in [0, 0.1) is 180 Å². The minimum Gasteiger partial charge on any atom is -0.457 e. The lowest BCUT2D eigenvalue weighted by Gasteiger charge is -2.28. The number of hydrogen-bond donors (Lipinski definition) is 0. The molecule has 12 nitrogen and oxygen atoms in total. The van der Waals surface area contributed by atoms with Crippen molar-refractivity contribution in [1.82, 2.24) is 0 Å². The number of carbonyl (C=O) groups is 6. The summed E-state index contributed by atoms with van der Waals surface area (Å²) < 4.78 is 33.2. The van der Waals surface area contributed by atoms with Gasteiger partial charge in [0.05, 0.1) is 0 Å². The first-order valence-electron chi connectivity index (χ1n) is 36.9. The van der Waals surface area contributed by atoms with E-state index in [1.807, 2.05) is 0 Å². The first-order valence-corrected chi connectivity index (χ1v) is 36.9. The van der Waals surface area contributed by atoms with Gasteiger partial charge in [-0.3, -0.25) is 0 Å². The van der Waals surface area contributed by atoms with Crippen molar-refractivity contribution in [3.05, 3.63) is 251 Å². The van der Waals surface area contributed by atoms with Crippen LogP contribution in [0.4, 0.5) is 0 Å². The SMILES string of the molecule is C=C(C)C(=O)OCc1c(C)c(C)c(-c2c(C)c(C)c(-c3c(C)c(C)c(COC(=O)C(=C)C)c(C)c3C)c(C)c2C)c(C)c1C.C=C(C)C(=O)OCc1c(C)c(C)c(-c2c(C)c(C)c(COC(=O)C(=C)C)c(C)c2C)c(C)c1C.C=C(C)C(=O)OCc1c(C)c(C)c(C)c2c(COC(=O)C(=C)C)c(C)c(C)c(C)c12. The number of rotatable bonds is 21. The van der Waals surface area contributed by atoms with Crippen LogP contribution in [-0.2, 0) is 96.8 Å². The maximum atomic E-state index is 12.2. The van der Waals surface area contributed by atoms with Gasteiger partial charge in [0.2, 0.25) is 0 Å². The molecule has 7 aromatic rings. The third-order valence-electron chi connectivity index (χ3n) is 23.4. The van der Waals surface area contributed by atoms with Crippen LogP contribution in [0.3, 0.4) is 0 Å². The van der Waals surface area contributed by atoms with Crippen molar-refractivity contribution in [3.8, 4) is 33.4 Å². The van der Waals surface area contributed by atoms with Gasteiger partial charge in [0, 0.05) is 44.6 Å². The van der Waals surface area contributed by atoms with Crippen LogP contribution in [0.5, 0.6) is 0 Å². The molecule has 0 N–H and O–H groups in total. The van der Waals surface area contributed by atoms with Crippen LogP contribution in [0.2, 0.25) is 0 Å². The third kappa shape index (κ3) is 17.9. The molecule has 0 aliphatic heterocycles. The van der Waals surface area contributed by atoms with Crippen LogP contribution in [-0.4, -0.2) is 35.8 Å². The average Bonchev–Trinajstić information content (AvgIpc) is 0.743. The van der Waals surface area contributed by atoms with Gasteiger partial charge in [-0.15, -0.1) is 0 Å². The topological polar surface area (TPSA) is 158 Å². The van der Waals surface area contributed by atoms with Gasteiger partial charge < -0.3 is 28.4 Å². The Bertz CT molecular complexity index is 4570. The average molecular weight is 1470 g/mol. The maximum Gasteiger partial charge on any atom is 0.333 e. The molecule has 0 aromatic heterocycles. The van der Waals surface area contributed by atoms with Gasteiger partial charge in [0.1, 0.15) is 39.6 Å². The summed E-state index contributed by atoms with van der Waals surface area (Å²) in [5, 5.41) is 2.13. The van der Waals surface area contributed by atoms with Crippen molar-refractivity contribution in [2.45, 2.75) is 261 Å². The summed E-state index contributed by atoms with van der Waals surface area (Å²) in [5.74, 6) is -2.30. The highest BCUT2D eigenvalue weighted by Gasteiger charge is 2.29. The molecule has 0 radical (unpaired) electrons. The monoisotopic (exact) mass is 1460 g/mol. The Kier molecular flexibility index (Phi) is 29.4. The van der Waals surface area contributed by atoms with Crippen LogP contribution >= 0.6 is 0 Å². The molecule has 0 saturated heterocycles. The van der Waals surface area contributed by atoms with Gasteiger partial charge in [-0.1, -0.05) is 39.5 Å². The number of benzene rings is 7. The summed E-state index contributed by atoms with van der Waals surface area (Å²) in [5.41, 5.74) is 46.5. The largest absolute Gasteiger partial charge is 0.457 e. The molecule has 0 amide bonds. The Balaban J connectivity index is 0.000000297.